The smallest absolute Gasteiger partial charge is 0.225 e. The van der Waals surface area contributed by atoms with Crippen molar-refractivity contribution in [3.05, 3.63) is 30.0 Å². The second-order valence-corrected chi connectivity index (χ2v) is 7.04. The first-order chi connectivity index (χ1) is 11.7. The number of para-hydroxylation sites is 2. The fourth-order valence-corrected chi connectivity index (χ4v) is 3.93. The van der Waals surface area contributed by atoms with Crippen LogP contribution in [0.3, 0.4) is 0 Å². The van der Waals surface area contributed by atoms with E-state index in [2.05, 4.69) is 10.3 Å². The molecular formula is C19H24N4O. The van der Waals surface area contributed by atoms with Crippen LogP contribution >= 0.6 is 0 Å². The van der Waals surface area contributed by atoms with Crippen LogP contribution in [0.4, 0.5) is 5.82 Å². The van der Waals surface area contributed by atoms with E-state index in [0.29, 0.717) is 5.91 Å². The van der Waals surface area contributed by atoms with Crippen molar-refractivity contribution >= 4 is 22.8 Å². The van der Waals surface area contributed by atoms with Gasteiger partial charge in [-0.15, -0.1) is 0 Å². The Morgan fingerprint density at radius 3 is 2.58 bits per heavy atom. The second-order valence-electron chi connectivity index (χ2n) is 7.04. The number of aryl methyl sites for hydroxylation is 1. The van der Waals surface area contributed by atoms with Gasteiger partial charge in [0.1, 0.15) is 5.82 Å². The molecule has 0 spiro atoms. The molecule has 2 aromatic rings. The Hall–Kier alpha value is -2.17. The molecule has 4 rings (SSSR count). The highest BCUT2D eigenvalue weighted by Gasteiger charge is 2.32. The summed E-state index contributed by atoms with van der Waals surface area (Å²) < 4.78 is 0. The van der Waals surface area contributed by atoms with Crippen molar-refractivity contribution in [1.29, 1.82) is 0 Å². The van der Waals surface area contributed by atoms with E-state index in [0.717, 1.165) is 54.9 Å². The third kappa shape index (κ3) is 2.95. The van der Waals surface area contributed by atoms with Crippen molar-refractivity contribution in [3.8, 4) is 0 Å². The Balaban J connectivity index is 1.44. The van der Waals surface area contributed by atoms with Gasteiger partial charge < -0.3 is 10.2 Å². The molecule has 2 fully saturated rings. The van der Waals surface area contributed by atoms with E-state index in [1.807, 2.05) is 36.1 Å². The number of likely N-dealkylation sites (tertiary alicyclic amines) is 1. The van der Waals surface area contributed by atoms with Gasteiger partial charge in [-0.2, -0.15) is 0 Å². The largest absolute Gasteiger partial charge is 0.364 e. The molecule has 1 unspecified atom stereocenters. The summed E-state index contributed by atoms with van der Waals surface area (Å²) in [5, 5.41) is 3.51. The van der Waals surface area contributed by atoms with E-state index in [1.54, 1.807) is 0 Å². The Morgan fingerprint density at radius 1 is 1.12 bits per heavy atom. The van der Waals surface area contributed by atoms with Crippen molar-refractivity contribution in [2.24, 2.45) is 5.92 Å². The average Bonchev–Trinajstić information content (AvgIpc) is 3.27. The van der Waals surface area contributed by atoms with E-state index in [1.165, 1.54) is 12.8 Å². The summed E-state index contributed by atoms with van der Waals surface area (Å²) in [7, 11) is 0. The van der Waals surface area contributed by atoms with Gasteiger partial charge in [-0.25, -0.2) is 9.97 Å². The minimum Gasteiger partial charge on any atom is -0.364 e. The van der Waals surface area contributed by atoms with Crippen molar-refractivity contribution < 1.29 is 4.79 Å². The highest BCUT2D eigenvalue weighted by molar-refractivity contribution is 5.79. The molecule has 0 bridgehead atoms. The van der Waals surface area contributed by atoms with Crippen LogP contribution in [0, 0.1) is 12.8 Å². The van der Waals surface area contributed by atoms with Crippen LogP contribution in [0.1, 0.15) is 37.8 Å². The molecule has 1 N–H and O–H groups in total. The fourth-order valence-electron chi connectivity index (χ4n) is 3.93. The fraction of sp³-hybridized carbons (Fsp3) is 0.526. The Bertz CT molecular complexity index is 754. The summed E-state index contributed by atoms with van der Waals surface area (Å²) >= 11 is 0. The van der Waals surface area contributed by atoms with Gasteiger partial charge in [-0.05, 0) is 38.3 Å². The van der Waals surface area contributed by atoms with Crippen molar-refractivity contribution in [2.45, 2.75) is 45.1 Å². The maximum atomic E-state index is 12.6. The van der Waals surface area contributed by atoms with Crippen molar-refractivity contribution in [3.63, 3.8) is 0 Å². The molecule has 5 nitrogen and oxygen atoms in total. The van der Waals surface area contributed by atoms with Gasteiger partial charge in [0, 0.05) is 25.0 Å². The molecule has 24 heavy (non-hydrogen) atoms. The number of carbonyl (C=O) groups is 1. The number of carbonyl (C=O) groups excluding carboxylic acids is 1. The van der Waals surface area contributed by atoms with Gasteiger partial charge in [-0.1, -0.05) is 25.0 Å². The van der Waals surface area contributed by atoms with E-state index in [4.69, 9.17) is 4.98 Å². The van der Waals surface area contributed by atoms with Crippen molar-refractivity contribution in [2.75, 3.05) is 18.4 Å². The predicted molar refractivity (Wildman–Crippen MR) is 94.8 cm³/mol. The lowest BCUT2D eigenvalue weighted by atomic mass is 10.1. The summed E-state index contributed by atoms with van der Waals surface area (Å²) in [5.41, 5.74) is 2.74. The SMILES string of the molecule is Cc1nc2ccccc2nc1NC1CCN(C(=O)C2CCCC2)C1. The molecule has 0 radical (unpaired) electrons. The van der Waals surface area contributed by atoms with Crippen LogP contribution in [0.2, 0.25) is 0 Å². The molecule has 1 aromatic heterocycles. The lowest BCUT2D eigenvalue weighted by Crippen LogP contribution is -2.35. The summed E-state index contributed by atoms with van der Waals surface area (Å²) in [6, 6.07) is 8.19. The molecule has 126 valence electrons. The zero-order chi connectivity index (χ0) is 16.5. The van der Waals surface area contributed by atoms with E-state index >= 15 is 0 Å². The Labute approximate surface area is 142 Å². The number of nitrogens with zero attached hydrogens (tertiary/aromatic N) is 3. The van der Waals surface area contributed by atoms with Gasteiger partial charge in [0.15, 0.2) is 0 Å². The highest BCUT2D eigenvalue weighted by atomic mass is 16.2. The molecular weight excluding hydrogens is 300 g/mol. The van der Waals surface area contributed by atoms with Crippen LogP contribution < -0.4 is 5.32 Å². The van der Waals surface area contributed by atoms with E-state index in [9.17, 15) is 4.79 Å². The lowest BCUT2D eigenvalue weighted by Gasteiger charge is -2.21. The quantitative estimate of drug-likeness (QED) is 0.942. The molecule has 2 aliphatic rings. The molecule has 5 heteroatoms. The van der Waals surface area contributed by atoms with Crippen LogP contribution in [-0.4, -0.2) is 39.9 Å². The number of benzene rings is 1. The standard InChI is InChI=1S/C19H24N4O/c1-13-18(22-17-9-5-4-8-16(17)20-13)21-15-10-11-23(12-15)19(24)14-6-2-3-7-14/h4-5,8-9,14-15H,2-3,6-7,10-12H2,1H3,(H,21,22). The monoisotopic (exact) mass is 324 g/mol. The topological polar surface area (TPSA) is 58.1 Å². The lowest BCUT2D eigenvalue weighted by molar-refractivity contribution is -0.134. The van der Waals surface area contributed by atoms with Gasteiger partial charge in [0.25, 0.3) is 0 Å². The Morgan fingerprint density at radius 2 is 1.83 bits per heavy atom. The first kappa shape index (κ1) is 15.4. The summed E-state index contributed by atoms with van der Waals surface area (Å²) in [6.07, 6.45) is 5.54. The van der Waals surface area contributed by atoms with E-state index in [-0.39, 0.29) is 12.0 Å². The van der Waals surface area contributed by atoms with Gasteiger partial charge in [0.05, 0.1) is 16.7 Å². The third-order valence-electron chi connectivity index (χ3n) is 5.29. The number of fused-ring (bicyclic) bond motifs is 1. The number of anilines is 1. The molecule has 1 amide bonds. The van der Waals surface area contributed by atoms with Crippen LogP contribution in [0.25, 0.3) is 11.0 Å². The molecule has 1 aliphatic carbocycles. The summed E-state index contributed by atoms with van der Waals surface area (Å²) in [6.45, 7) is 3.62. The maximum absolute atomic E-state index is 12.6. The molecule has 1 aromatic carbocycles. The number of hydrogen-bond donors (Lipinski definition) is 1. The summed E-state index contributed by atoms with van der Waals surface area (Å²) in [5.74, 6) is 1.47. The third-order valence-corrected chi connectivity index (χ3v) is 5.29. The molecule has 2 heterocycles. The van der Waals surface area contributed by atoms with E-state index < -0.39 is 0 Å². The first-order valence-electron chi connectivity index (χ1n) is 8.99. The van der Waals surface area contributed by atoms with Gasteiger partial charge in [-0.3, -0.25) is 4.79 Å². The normalized spacial score (nSPS) is 21.5. The van der Waals surface area contributed by atoms with Gasteiger partial charge in [0.2, 0.25) is 5.91 Å². The predicted octanol–water partition coefficient (Wildman–Crippen LogP) is 3.14. The molecule has 1 saturated carbocycles. The minimum absolute atomic E-state index is 0.268. The average molecular weight is 324 g/mol. The van der Waals surface area contributed by atoms with Crippen LogP contribution in [0.5, 0.6) is 0 Å². The Kier molecular flexibility index (Phi) is 4.08. The first-order valence-corrected chi connectivity index (χ1v) is 8.99. The highest BCUT2D eigenvalue weighted by Crippen LogP contribution is 2.28. The number of nitrogens with one attached hydrogen (secondary N) is 1. The summed E-state index contributed by atoms with van der Waals surface area (Å²) in [4.78, 5) is 23.9. The van der Waals surface area contributed by atoms with Crippen LogP contribution in [0.15, 0.2) is 24.3 Å². The maximum Gasteiger partial charge on any atom is 0.225 e. The zero-order valence-electron chi connectivity index (χ0n) is 14.2. The molecule has 1 saturated heterocycles. The zero-order valence-corrected chi connectivity index (χ0v) is 14.2. The second kappa shape index (κ2) is 6.38. The number of amides is 1. The number of hydrogen-bond acceptors (Lipinski definition) is 4. The molecule has 1 atom stereocenters. The van der Waals surface area contributed by atoms with Crippen molar-refractivity contribution in [1.82, 2.24) is 14.9 Å². The number of aromatic nitrogens is 2. The van der Waals surface area contributed by atoms with Crippen LogP contribution in [-0.2, 0) is 4.79 Å². The minimum atomic E-state index is 0.268. The number of rotatable bonds is 3. The molecule has 1 aliphatic heterocycles. The van der Waals surface area contributed by atoms with Gasteiger partial charge >= 0.3 is 0 Å².